The highest BCUT2D eigenvalue weighted by Gasteiger charge is 2.34. The minimum Gasteiger partial charge on any atom is -0.344 e. The number of amides is 1. The minimum atomic E-state index is -0.331. The van der Waals surface area contributed by atoms with Gasteiger partial charge in [0.15, 0.2) is 5.82 Å². The van der Waals surface area contributed by atoms with Crippen LogP contribution in [-0.4, -0.2) is 38.6 Å². The molecule has 1 aliphatic rings. The number of hydrogen-bond acceptors (Lipinski definition) is 8. The summed E-state index contributed by atoms with van der Waals surface area (Å²) in [7, 11) is 0. The van der Waals surface area contributed by atoms with Crippen LogP contribution in [0.5, 0.6) is 0 Å². The summed E-state index contributed by atoms with van der Waals surface area (Å²) in [6.07, 6.45) is 3.30. The Kier molecular flexibility index (Phi) is 4.08. The van der Waals surface area contributed by atoms with Crippen LogP contribution >= 0.6 is 11.3 Å². The summed E-state index contributed by atoms with van der Waals surface area (Å²) >= 11 is 1.57. The quantitative estimate of drug-likeness (QED) is 0.764. The second kappa shape index (κ2) is 6.40. The van der Waals surface area contributed by atoms with Crippen molar-refractivity contribution >= 4 is 33.3 Å². The van der Waals surface area contributed by atoms with Crippen molar-refractivity contribution in [2.45, 2.75) is 38.8 Å². The normalized spacial score (nSPS) is 18.6. The lowest BCUT2D eigenvalue weighted by Crippen LogP contribution is -2.44. The van der Waals surface area contributed by atoms with E-state index in [1.807, 2.05) is 18.4 Å². The highest BCUT2D eigenvalue weighted by molar-refractivity contribution is 7.16. The molecular weight excluding hydrogens is 340 g/mol. The standard InChI is InChI=1S/C16H18N6O2S/c1-9(15-20-10(2)21-24-15)19-14(23)12-4-3-6-22(12)13-11-5-7-25-16(11)18-8-17-13/h5,7-9,12H,3-4,6H2,1-2H3,(H,19,23). The van der Waals surface area contributed by atoms with Crippen LogP contribution in [0.4, 0.5) is 5.82 Å². The number of carbonyl (C=O) groups excluding carboxylic acids is 1. The molecule has 0 saturated carbocycles. The molecule has 4 rings (SSSR count). The molecule has 8 nitrogen and oxygen atoms in total. The highest BCUT2D eigenvalue weighted by Crippen LogP contribution is 2.31. The van der Waals surface area contributed by atoms with Gasteiger partial charge in [0, 0.05) is 6.54 Å². The zero-order valence-electron chi connectivity index (χ0n) is 14.0. The van der Waals surface area contributed by atoms with Crippen molar-refractivity contribution in [3.05, 3.63) is 29.5 Å². The molecule has 1 amide bonds. The molecule has 9 heteroatoms. The van der Waals surface area contributed by atoms with Crippen LogP contribution in [0, 0.1) is 6.92 Å². The number of nitrogens with zero attached hydrogens (tertiary/aromatic N) is 5. The lowest BCUT2D eigenvalue weighted by atomic mass is 10.2. The molecule has 2 atom stereocenters. The van der Waals surface area contributed by atoms with Crippen LogP contribution in [-0.2, 0) is 4.79 Å². The first-order valence-corrected chi connectivity index (χ1v) is 9.07. The van der Waals surface area contributed by atoms with Crippen LogP contribution in [0.2, 0.25) is 0 Å². The molecule has 0 radical (unpaired) electrons. The van der Waals surface area contributed by atoms with Gasteiger partial charge in [0.1, 0.15) is 29.1 Å². The van der Waals surface area contributed by atoms with Gasteiger partial charge in [-0.1, -0.05) is 5.16 Å². The van der Waals surface area contributed by atoms with E-state index in [1.54, 1.807) is 24.6 Å². The third-order valence-electron chi connectivity index (χ3n) is 4.34. The van der Waals surface area contributed by atoms with Crippen LogP contribution in [0.25, 0.3) is 10.2 Å². The smallest absolute Gasteiger partial charge is 0.248 e. The second-order valence-electron chi connectivity index (χ2n) is 6.10. The van der Waals surface area contributed by atoms with Crippen LogP contribution in [0.3, 0.4) is 0 Å². The molecule has 2 unspecified atom stereocenters. The molecule has 0 bridgehead atoms. The summed E-state index contributed by atoms with van der Waals surface area (Å²) in [6.45, 7) is 4.39. The number of fused-ring (bicyclic) bond motifs is 1. The van der Waals surface area contributed by atoms with Gasteiger partial charge in [-0.05, 0) is 38.1 Å². The maximum atomic E-state index is 12.8. The monoisotopic (exact) mass is 358 g/mol. The molecule has 4 heterocycles. The van der Waals surface area contributed by atoms with E-state index in [0.29, 0.717) is 11.7 Å². The predicted octanol–water partition coefficient (Wildman–Crippen LogP) is 2.23. The van der Waals surface area contributed by atoms with E-state index in [2.05, 4.69) is 30.3 Å². The first-order valence-electron chi connectivity index (χ1n) is 8.19. The van der Waals surface area contributed by atoms with Gasteiger partial charge in [-0.25, -0.2) is 9.97 Å². The Morgan fingerprint density at radius 2 is 2.36 bits per heavy atom. The highest BCUT2D eigenvalue weighted by atomic mass is 32.1. The largest absolute Gasteiger partial charge is 0.344 e. The van der Waals surface area contributed by atoms with E-state index in [-0.39, 0.29) is 18.0 Å². The summed E-state index contributed by atoms with van der Waals surface area (Å²) in [6, 6.07) is 1.42. The van der Waals surface area contributed by atoms with Crippen LogP contribution < -0.4 is 10.2 Å². The van der Waals surface area contributed by atoms with Gasteiger partial charge in [-0.15, -0.1) is 11.3 Å². The minimum absolute atomic E-state index is 0.0529. The van der Waals surface area contributed by atoms with E-state index in [0.717, 1.165) is 35.4 Å². The number of carbonyl (C=O) groups is 1. The zero-order chi connectivity index (χ0) is 17.4. The SMILES string of the molecule is Cc1noc(C(C)NC(=O)C2CCCN2c2ncnc3sccc23)n1. The lowest BCUT2D eigenvalue weighted by molar-refractivity contribution is -0.123. The number of nitrogens with one attached hydrogen (secondary N) is 1. The first-order chi connectivity index (χ1) is 12.1. The average Bonchev–Trinajstić information content (AvgIpc) is 3.34. The summed E-state index contributed by atoms with van der Waals surface area (Å²) in [5.41, 5.74) is 0. The number of aryl methyl sites for hydroxylation is 1. The Hall–Kier alpha value is -2.55. The Bertz CT molecular complexity index is 907. The van der Waals surface area contributed by atoms with Crippen LogP contribution in [0.15, 0.2) is 22.3 Å². The van der Waals surface area contributed by atoms with E-state index in [4.69, 9.17) is 4.52 Å². The molecule has 25 heavy (non-hydrogen) atoms. The molecule has 3 aromatic heterocycles. The molecule has 3 aromatic rings. The van der Waals surface area contributed by atoms with Gasteiger partial charge in [-0.2, -0.15) is 4.98 Å². The van der Waals surface area contributed by atoms with Crippen molar-refractivity contribution < 1.29 is 9.32 Å². The van der Waals surface area contributed by atoms with Crippen LogP contribution in [0.1, 0.15) is 37.5 Å². The number of hydrogen-bond donors (Lipinski definition) is 1. The van der Waals surface area contributed by atoms with Crippen molar-refractivity contribution in [1.82, 2.24) is 25.4 Å². The van der Waals surface area contributed by atoms with Crippen molar-refractivity contribution in [2.75, 3.05) is 11.4 Å². The van der Waals surface area contributed by atoms with Crippen molar-refractivity contribution in [1.29, 1.82) is 0 Å². The molecule has 1 N–H and O–H groups in total. The first kappa shape index (κ1) is 15.9. The lowest BCUT2D eigenvalue weighted by Gasteiger charge is -2.26. The molecule has 130 valence electrons. The average molecular weight is 358 g/mol. The van der Waals surface area contributed by atoms with Crippen molar-refractivity contribution in [2.24, 2.45) is 0 Å². The van der Waals surface area contributed by atoms with Crippen molar-refractivity contribution in [3.63, 3.8) is 0 Å². The fourth-order valence-electron chi connectivity index (χ4n) is 3.16. The Labute approximate surface area is 148 Å². The maximum Gasteiger partial charge on any atom is 0.248 e. The summed E-state index contributed by atoms with van der Waals surface area (Å²) in [4.78, 5) is 28.7. The van der Waals surface area contributed by atoms with Gasteiger partial charge >= 0.3 is 0 Å². The molecular formula is C16H18N6O2S. The number of thiophene rings is 1. The van der Waals surface area contributed by atoms with Crippen molar-refractivity contribution in [3.8, 4) is 0 Å². The predicted molar refractivity (Wildman–Crippen MR) is 93.4 cm³/mol. The maximum absolute atomic E-state index is 12.8. The van der Waals surface area contributed by atoms with Gasteiger partial charge in [0.2, 0.25) is 11.8 Å². The van der Waals surface area contributed by atoms with E-state index in [1.165, 1.54) is 0 Å². The topological polar surface area (TPSA) is 97.0 Å². The Morgan fingerprint density at radius 1 is 1.48 bits per heavy atom. The summed E-state index contributed by atoms with van der Waals surface area (Å²) in [5, 5.41) is 9.73. The Morgan fingerprint density at radius 3 is 3.16 bits per heavy atom. The molecule has 1 fully saturated rings. The molecule has 1 saturated heterocycles. The van der Waals surface area contributed by atoms with Gasteiger partial charge < -0.3 is 14.7 Å². The third-order valence-corrected chi connectivity index (χ3v) is 5.16. The third kappa shape index (κ3) is 2.95. The van der Waals surface area contributed by atoms with E-state index >= 15 is 0 Å². The molecule has 1 aliphatic heterocycles. The van der Waals surface area contributed by atoms with E-state index < -0.39 is 0 Å². The fraction of sp³-hybridized carbons (Fsp3) is 0.438. The molecule has 0 spiro atoms. The number of rotatable bonds is 4. The number of aromatic nitrogens is 4. The van der Waals surface area contributed by atoms with E-state index in [9.17, 15) is 4.79 Å². The molecule has 0 aromatic carbocycles. The fourth-order valence-corrected chi connectivity index (χ4v) is 3.89. The Balaban J connectivity index is 1.55. The summed E-state index contributed by atoms with van der Waals surface area (Å²) in [5.74, 6) is 1.74. The zero-order valence-corrected chi connectivity index (χ0v) is 14.8. The van der Waals surface area contributed by atoms with Gasteiger partial charge in [0.25, 0.3) is 0 Å². The molecule has 0 aliphatic carbocycles. The second-order valence-corrected chi connectivity index (χ2v) is 6.99. The number of anilines is 1. The van der Waals surface area contributed by atoms with Gasteiger partial charge in [-0.3, -0.25) is 4.79 Å². The van der Waals surface area contributed by atoms with Gasteiger partial charge in [0.05, 0.1) is 5.39 Å². The summed E-state index contributed by atoms with van der Waals surface area (Å²) < 4.78 is 5.14.